The summed E-state index contributed by atoms with van der Waals surface area (Å²) in [5.41, 5.74) is 7.44. The van der Waals surface area contributed by atoms with Crippen LogP contribution >= 0.6 is 0 Å². The number of fused-ring (bicyclic) bond motifs is 3. The quantitative estimate of drug-likeness (QED) is 0.0876. The second-order valence-electron chi connectivity index (χ2n) is 14.4. The molecule has 0 atom stereocenters. The Hall–Kier alpha value is -6.80. The first-order chi connectivity index (χ1) is 27.3. The molecule has 0 N–H and O–H groups in total. The van der Waals surface area contributed by atoms with Crippen molar-refractivity contribution in [2.45, 2.75) is 0 Å². The molecule has 10 rings (SSSR count). The Labute approximate surface area is 323 Å². The number of hydrogen-bond donors (Lipinski definition) is 0. The van der Waals surface area contributed by atoms with Crippen LogP contribution in [-0.2, 0) is 0 Å². The molecule has 0 aliphatic rings. The summed E-state index contributed by atoms with van der Waals surface area (Å²) in [6.45, 7) is 0. The Bertz CT molecular complexity index is 2840. The van der Waals surface area contributed by atoms with Gasteiger partial charge in [0.15, 0.2) is 8.07 Å². The minimum atomic E-state index is -2.79. The van der Waals surface area contributed by atoms with Crippen molar-refractivity contribution in [1.82, 2.24) is 0 Å². The molecule has 0 amide bonds. The lowest BCUT2D eigenvalue weighted by molar-refractivity contribution is 1.61. The van der Waals surface area contributed by atoms with E-state index < -0.39 is 8.07 Å². The summed E-state index contributed by atoms with van der Waals surface area (Å²) in [5, 5.41) is 13.0. The molecule has 0 nitrogen and oxygen atoms in total. The van der Waals surface area contributed by atoms with E-state index in [4.69, 9.17) is 0 Å². The van der Waals surface area contributed by atoms with Gasteiger partial charge in [-0.1, -0.05) is 224 Å². The van der Waals surface area contributed by atoms with Gasteiger partial charge in [-0.3, -0.25) is 0 Å². The number of hydrogen-bond acceptors (Lipinski definition) is 0. The molecule has 0 aromatic heterocycles. The van der Waals surface area contributed by atoms with E-state index in [0.717, 1.165) is 0 Å². The third-order valence-electron chi connectivity index (χ3n) is 11.4. The van der Waals surface area contributed by atoms with Gasteiger partial charge in [-0.05, 0) is 92.5 Å². The molecule has 55 heavy (non-hydrogen) atoms. The first kappa shape index (κ1) is 32.8. The van der Waals surface area contributed by atoms with E-state index in [1.54, 1.807) is 0 Å². The van der Waals surface area contributed by atoms with E-state index in [1.807, 2.05) is 0 Å². The maximum absolute atomic E-state index is 2.79. The van der Waals surface area contributed by atoms with Crippen molar-refractivity contribution in [3.05, 3.63) is 231 Å². The third kappa shape index (κ3) is 5.60. The maximum atomic E-state index is 2.56. The van der Waals surface area contributed by atoms with E-state index in [1.165, 1.54) is 86.4 Å². The second-order valence-corrected chi connectivity index (χ2v) is 18.2. The minimum Gasteiger partial charge on any atom is -0.0623 e. The van der Waals surface area contributed by atoms with E-state index >= 15 is 0 Å². The van der Waals surface area contributed by atoms with Gasteiger partial charge in [-0.15, -0.1) is 0 Å². The van der Waals surface area contributed by atoms with Crippen LogP contribution in [0.2, 0.25) is 0 Å². The molecule has 0 fully saturated rings. The molecule has 0 spiro atoms. The van der Waals surface area contributed by atoms with Gasteiger partial charge in [0.25, 0.3) is 0 Å². The van der Waals surface area contributed by atoms with E-state index in [0.29, 0.717) is 0 Å². The Morgan fingerprint density at radius 1 is 0.218 bits per heavy atom. The van der Waals surface area contributed by atoms with Crippen LogP contribution in [0.5, 0.6) is 0 Å². The van der Waals surface area contributed by atoms with Crippen LogP contribution in [0.3, 0.4) is 0 Å². The third-order valence-corrected chi connectivity index (χ3v) is 16.2. The highest BCUT2D eigenvalue weighted by molar-refractivity contribution is 7.20. The Morgan fingerprint density at radius 2 is 0.636 bits per heavy atom. The van der Waals surface area contributed by atoms with Crippen molar-refractivity contribution in [2.24, 2.45) is 0 Å². The summed E-state index contributed by atoms with van der Waals surface area (Å²) in [6, 6.07) is 85.7. The summed E-state index contributed by atoms with van der Waals surface area (Å²) in [7, 11) is -2.79. The molecular formula is C54H38Si. The molecule has 0 unspecified atom stereocenters. The Balaban J connectivity index is 1.33. The van der Waals surface area contributed by atoms with Crippen LogP contribution in [-0.4, -0.2) is 8.07 Å². The summed E-state index contributed by atoms with van der Waals surface area (Å²) < 4.78 is 0. The zero-order valence-electron chi connectivity index (χ0n) is 30.4. The molecule has 1 heteroatoms. The van der Waals surface area contributed by atoms with Crippen molar-refractivity contribution in [3.8, 4) is 33.4 Å². The maximum Gasteiger partial charge on any atom is 0.179 e. The fourth-order valence-electron chi connectivity index (χ4n) is 8.90. The van der Waals surface area contributed by atoms with E-state index in [2.05, 4.69) is 231 Å². The van der Waals surface area contributed by atoms with Crippen LogP contribution in [0, 0.1) is 0 Å². The first-order valence-corrected chi connectivity index (χ1v) is 21.1. The van der Waals surface area contributed by atoms with Crippen molar-refractivity contribution in [3.63, 3.8) is 0 Å². The van der Waals surface area contributed by atoms with E-state index in [9.17, 15) is 0 Å². The average molecular weight is 715 g/mol. The minimum absolute atomic E-state index is 1.22. The second kappa shape index (κ2) is 13.9. The SMILES string of the molecule is c1ccc(-c2ccc(-c3c4ccccc4c(-c4ccc5ccccc5c4)c4cc([Si](c5ccccc5)(c5ccccc5)c5ccccc5)ccc34)cc2)cc1. The van der Waals surface area contributed by atoms with Crippen LogP contribution in [0.15, 0.2) is 231 Å². The van der Waals surface area contributed by atoms with Crippen LogP contribution in [0.1, 0.15) is 0 Å². The van der Waals surface area contributed by atoms with Crippen molar-refractivity contribution >= 4 is 61.1 Å². The Morgan fingerprint density at radius 3 is 1.22 bits per heavy atom. The summed E-state index contributed by atoms with van der Waals surface area (Å²) in [4.78, 5) is 0. The predicted octanol–water partition coefficient (Wildman–Crippen LogP) is 11.5. The zero-order chi connectivity index (χ0) is 36.6. The molecule has 0 aliphatic heterocycles. The van der Waals surface area contributed by atoms with E-state index in [-0.39, 0.29) is 0 Å². The van der Waals surface area contributed by atoms with Gasteiger partial charge in [0.2, 0.25) is 0 Å². The lowest BCUT2D eigenvalue weighted by atomic mass is 9.85. The van der Waals surface area contributed by atoms with Gasteiger partial charge in [-0.2, -0.15) is 0 Å². The van der Waals surface area contributed by atoms with Gasteiger partial charge >= 0.3 is 0 Å². The Kier molecular flexibility index (Phi) is 8.28. The zero-order valence-corrected chi connectivity index (χ0v) is 31.4. The molecule has 10 aromatic rings. The van der Waals surface area contributed by atoms with Crippen molar-refractivity contribution < 1.29 is 0 Å². The molecule has 0 saturated carbocycles. The highest BCUT2D eigenvalue weighted by Gasteiger charge is 2.41. The molecular weight excluding hydrogens is 677 g/mol. The highest BCUT2D eigenvalue weighted by atomic mass is 28.3. The van der Waals surface area contributed by atoms with Crippen LogP contribution < -0.4 is 20.7 Å². The fraction of sp³-hybridized carbons (Fsp3) is 0. The number of rotatable bonds is 7. The van der Waals surface area contributed by atoms with Gasteiger partial charge in [0, 0.05) is 0 Å². The molecule has 10 aromatic carbocycles. The average Bonchev–Trinajstić information content (AvgIpc) is 3.27. The highest BCUT2D eigenvalue weighted by Crippen LogP contribution is 2.44. The van der Waals surface area contributed by atoms with Gasteiger partial charge in [0.1, 0.15) is 0 Å². The molecule has 258 valence electrons. The smallest absolute Gasteiger partial charge is 0.0623 e. The standard InChI is InChI=1S/C54H38Si/c1-5-17-39(18-6-1)41-29-32-42(33-30-41)53-49-27-15-16-28-50(49)54(44-34-31-40-19-13-14-20-43(40)37-44)52-38-48(35-36-51(52)53)55(45-21-7-2-8-22-45,46-23-9-3-10-24-46)47-25-11-4-12-26-47/h1-38H. The van der Waals surface area contributed by atoms with Crippen molar-refractivity contribution in [2.75, 3.05) is 0 Å². The summed E-state index contributed by atoms with van der Waals surface area (Å²) >= 11 is 0. The molecule has 0 radical (unpaired) electrons. The lowest BCUT2D eigenvalue weighted by Crippen LogP contribution is -2.74. The molecule has 0 saturated heterocycles. The summed E-state index contributed by atoms with van der Waals surface area (Å²) in [6.07, 6.45) is 0. The van der Waals surface area contributed by atoms with Crippen LogP contribution in [0.25, 0.3) is 65.7 Å². The normalized spacial score (nSPS) is 11.6. The molecule has 0 aliphatic carbocycles. The monoisotopic (exact) mass is 714 g/mol. The van der Waals surface area contributed by atoms with Gasteiger partial charge < -0.3 is 0 Å². The van der Waals surface area contributed by atoms with Crippen molar-refractivity contribution in [1.29, 1.82) is 0 Å². The molecule has 0 bridgehead atoms. The molecule has 0 heterocycles. The summed E-state index contributed by atoms with van der Waals surface area (Å²) in [5.74, 6) is 0. The van der Waals surface area contributed by atoms with Gasteiger partial charge in [-0.25, -0.2) is 0 Å². The topological polar surface area (TPSA) is 0 Å². The fourth-order valence-corrected chi connectivity index (χ4v) is 13.7. The number of benzene rings is 10. The largest absolute Gasteiger partial charge is 0.179 e. The first-order valence-electron chi connectivity index (χ1n) is 19.1. The predicted molar refractivity (Wildman–Crippen MR) is 239 cm³/mol. The van der Waals surface area contributed by atoms with Crippen LogP contribution in [0.4, 0.5) is 0 Å². The van der Waals surface area contributed by atoms with Gasteiger partial charge in [0.05, 0.1) is 0 Å². The lowest BCUT2D eigenvalue weighted by Gasteiger charge is -2.35.